The summed E-state index contributed by atoms with van der Waals surface area (Å²) >= 11 is 3.66. The van der Waals surface area contributed by atoms with Crippen LogP contribution in [0.2, 0.25) is 16.6 Å². The van der Waals surface area contributed by atoms with Crippen LogP contribution in [0.15, 0.2) is 35.0 Å². The second-order valence-corrected chi connectivity index (χ2v) is 17.5. The van der Waals surface area contributed by atoms with Crippen molar-refractivity contribution in [1.29, 1.82) is 0 Å². The number of thiophene rings is 2. The smallest absolute Gasteiger partial charge is 0.143 e. The van der Waals surface area contributed by atoms with E-state index in [4.69, 9.17) is 0 Å². The lowest BCUT2D eigenvalue weighted by molar-refractivity contribution is 0.838. The third-order valence-electron chi connectivity index (χ3n) is 7.57. The molecule has 0 spiro atoms. The van der Waals surface area contributed by atoms with Gasteiger partial charge in [0.2, 0.25) is 0 Å². The van der Waals surface area contributed by atoms with Gasteiger partial charge in [-0.05, 0) is 58.6 Å². The number of rotatable bonds is 3. The van der Waals surface area contributed by atoms with E-state index in [1.807, 2.05) is 29.6 Å². The van der Waals surface area contributed by atoms with Gasteiger partial charge in [0.05, 0.1) is 0 Å². The first-order valence-electron chi connectivity index (χ1n) is 11.9. The minimum absolute atomic E-state index is 0.631. The molecule has 2 aliphatic rings. The summed E-state index contributed by atoms with van der Waals surface area (Å²) in [4.78, 5) is 2.71. The van der Waals surface area contributed by atoms with E-state index in [1.165, 1.54) is 53.6 Å². The highest BCUT2D eigenvalue weighted by atomic mass is 32.1. The highest BCUT2D eigenvalue weighted by Gasteiger charge is 2.42. The van der Waals surface area contributed by atoms with Gasteiger partial charge in [-0.25, -0.2) is 0 Å². The van der Waals surface area contributed by atoms with Crippen LogP contribution in [0.3, 0.4) is 0 Å². The Morgan fingerprint density at radius 2 is 1.12 bits per heavy atom. The summed E-state index contributed by atoms with van der Waals surface area (Å²) in [5, 5.41) is 7.00. The third kappa shape index (κ3) is 3.18. The van der Waals surface area contributed by atoms with Crippen molar-refractivity contribution < 1.29 is 0 Å². The van der Waals surface area contributed by atoms with Crippen molar-refractivity contribution in [2.45, 2.75) is 65.1 Å². The molecule has 2 aromatic heterocycles. The highest BCUT2D eigenvalue weighted by Crippen LogP contribution is 2.43. The molecule has 0 amide bonds. The zero-order valence-corrected chi connectivity index (χ0v) is 23.1. The molecule has 2 heterocycles. The minimum atomic E-state index is -1.81. The van der Waals surface area contributed by atoms with Gasteiger partial charge < -0.3 is 0 Å². The summed E-state index contributed by atoms with van der Waals surface area (Å²) in [5.41, 5.74) is 13.6. The maximum Gasteiger partial charge on any atom is 0.146 e. The van der Waals surface area contributed by atoms with E-state index in [-0.39, 0.29) is 0 Å². The quantitative estimate of drug-likeness (QED) is 0.269. The second-order valence-electron chi connectivity index (χ2n) is 10.0. The van der Waals surface area contributed by atoms with Crippen LogP contribution < -0.4 is 10.4 Å². The highest BCUT2D eigenvalue weighted by molar-refractivity contribution is 7.14. The maximum atomic E-state index is 3.99. The van der Waals surface area contributed by atoms with E-state index >= 15 is 0 Å². The fourth-order valence-corrected chi connectivity index (χ4v) is 13.2. The molecule has 1 aromatic carbocycles. The lowest BCUT2D eigenvalue weighted by Crippen LogP contribution is -2.43. The van der Waals surface area contributed by atoms with Gasteiger partial charge in [0.25, 0.3) is 0 Å². The summed E-state index contributed by atoms with van der Waals surface area (Å²) in [6, 6.07) is 9.29. The molecule has 0 saturated carbocycles. The van der Waals surface area contributed by atoms with Gasteiger partial charge in [0, 0.05) is 53.6 Å². The number of hydrogen-bond donors (Lipinski definition) is 0. The Hall–Kier alpha value is -2.30. The van der Waals surface area contributed by atoms with Gasteiger partial charge in [-0.15, -0.1) is 34.1 Å². The largest absolute Gasteiger partial charge is 0.146 e. The zero-order valence-electron chi connectivity index (χ0n) is 20.5. The topological polar surface area (TPSA) is 0 Å². The molecule has 2 aliphatic carbocycles. The van der Waals surface area contributed by atoms with Crippen LogP contribution in [0.5, 0.6) is 0 Å². The van der Waals surface area contributed by atoms with Gasteiger partial charge >= 0.3 is 0 Å². The predicted octanol–water partition coefficient (Wildman–Crippen LogP) is 7.41. The van der Waals surface area contributed by atoms with Crippen LogP contribution >= 0.6 is 22.7 Å². The van der Waals surface area contributed by atoms with Crippen molar-refractivity contribution in [3.63, 3.8) is 0 Å². The number of fused-ring (bicyclic) bond motifs is 6. The summed E-state index contributed by atoms with van der Waals surface area (Å²) in [6.45, 7) is 16.3. The van der Waals surface area contributed by atoms with E-state index in [2.05, 4.69) is 99.9 Å². The van der Waals surface area contributed by atoms with Gasteiger partial charge in [-0.2, -0.15) is 0 Å². The molecule has 0 fully saturated rings. The molecule has 0 unspecified atom stereocenters. The molecule has 0 nitrogen and oxygen atoms in total. The molecule has 5 rings (SSSR count). The standard InChI is InChI=1S/C30H30S2Si/c1-8-9-21-23-10-13-31-29(23)27-17-26-22(12-15-33(18(2)3,19(4)5)20(6)7)24-11-14-32-30(24)28(26)16-25(21)27/h10-11,13-14,16-20H,1-7H3. The minimum Gasteiger partial charge on any atom is -0.143 e. The van der Waals surface area contributed by atoms with Crippen LogP contribution in [-0.4, -0.2) is 8.07 Å². The van der Waals surface area contributed by atoms with Crippen molar-refractivity contribution in [2.24, 2.45) is 0 Å². The van der Waals surface area contributed by atoms with E-state index in [0.29, 0.717) is 16.6 Å². The fraction of sp³-hybridized carbons (Fsp3) is 0.333. The molecular formula is C30H30S2Si. The van der Waals surface area contributed by atoms with E-state index < -0.39 is 8.07 Å². The molecule has 3 heteroatoms. The number of hydrogen-bond acceptors (Lipinski definition) is 2. The molecule has 0 atom stereocenters. The van der Waals surface area contributed by atoms with Crippen molar-refractivity contribution in [3.05, 3.63) is 56.6 Å². The lowest BCUT2D eigenvalue weighted by atomic mass is 10.1. The Balaban J connectivity index is 1.82. The summed E-state index contributed by atoms with van der Waals surface area (Å²) in [5.74, 6) is 10.3. The number of benzene rings is 1. The third-order valence-corrected chi connectivity index (χ3v) is 15.8. The summed E-state index contributed by atoms with van der Waals surface area (Å²) in [7, 11) is -1.81. The molecule has 0 bridgehead atoms. The first kappa shape index (κ1) is 22.5. The van der Waals surface area contributed by atoms with Gasteiger partial charge in [-0.3, -0.25) is 0 Å². The fourth-order valence-electron chi connectivity index (χ4n) is 6.11. The van der Waals surface area contributed by atoms with E-state index in [0.717, 1.165) is 0 Å². The molecule has 0 N–H and O–H groups in total. The average Bonchev–Trinajstić information content (AvgIpc) is 3.51. The molecule has 0 saturated heterocycles. The van der Waals surface area contributed by atoms with Gasteiger partial charge in [0.1, 0.15) is 8.07 Å². The van der Waals surface area contributed by atoms with Crippen LogP contribution in [0, 0.1) is 23.3 Å². The van der Waals surface area contributed by atoms with Crippen LogP contribution in [0.4, 0.5) is 0 Å². The molecule has 33 heavy (non-hydrogen) atoms. The Morgan fingerprint density at radius 3 is 1.55 bits per heavy atom. The molecule has 3 aromatic rings. The normalized spacial score (nSPS) is 13.5. The monoisotopic (exact) mass is 482 g/mol. The Labute approximate surface area is 207 Å². The van der Waals surface area contributed by atoms with Crippen molar-refractivity contribution in [1.82, 2.24) is 0 Å². The molecular weight excluding hydrogens is 453 g/mol. The second kappa shape index (κ2) is 8.17. The van der Waals surface area contributed by atoms with Crippen LogP contribution in [-0.2, 0) is 0 Å². The van der Waals surface area contributed by atoms with Gasteiger partial charge in [0.15, 0.2) is 0 Å². The SMILES string of the molecule is CC#CC1=c2cc3c(cc2-c2sccc21)=C(C#C[Si](C(C)C)(C(C)C)C(C)C)c1ccsc1-3. The average molecular weight is 483 g/mol. The summed E-state index contributed by atoms with van der Waals surface area (Å²) < 4.78 is 0. The Kier molecular flexibility index (Phi) is 5.57. The van der Waals surface area contributed by atoms with Crippen LogP contribution in [0.25, 0.3) is 32.0 Å². The first-order chi connectivity index (χ1) is 15.8. The van der Waals surface area contributed by atoms with Crippen molar-refractivity contribution in [2.75, 3.05) is 0 Å². The molecule has 0 radical (unpaired) electrons. The van der Waals surface area contributed by atoms with E-state index in [9.17, 15) is 0 Å². The lowest BCUT2D eigenvalue weighted by Gasteiger charge is -2.38. The van der Waals surface area contributed by atoms with E-state index in [1.54, 1.807) is 0 Å². The molecule has 0 aliphatic heterocycles. The van der Waals surface area contributed by atoms with Gasteiger partial charge in [-0.1, -0.05) is 53.4 Å². The Bertz CT molecular complexity index is 1500. The van der Waals surface area contributed by atoms with Crippen molar-refractivity contribution in [3.8, 4) is 44.2 Å². The summed E-state index contributed by atoms with van der Waals surface area (Å²) in [6.07, 6.45) is 0. The zero-order chi connectivity index (χ0) is 23.5. The molecule has 166 valence electrons. The first-order valence-corrected chi connectivity index (χ1v) is 15.8. The van der Waals surface area contributed by atoms with Crippen LogP contribution in [0.1, 0.15) is 59.6 Å². The Morgan fingerprint density at radius 1 is 0.667 bits per heavy atom. The maximum absolute atomic E-state index is 3.99. The van der Waals surface area contributed by atoms with Crippen molar-refractivity contribution >= 4 is 41.9 Å². The predicted molar refractivity (Wildman–Crippen MR) is 150 cm³/mol.